The molecule has 1 aliphatic heterocycles. The van der Waals surface area contributed by atoms with Gasteiger partial charge in [-0.25, -0.2) is 0 Å². The maximum atomic E-state index is 12.7. The number of hydrogen-bond donors (Lipinski definition) is 1. The summed E-state index contributed by atoms with van der Waals surface area (Å²) in [6, 6.07) is 14.4. The highest BCUT2D eigenvalue weighted by Crippen LogP contribution is 2.33. The highest BCUT2D eigenvalue weighted by molar-refractivity contribution is 6.36. The number of fused-ring (bicyclic) bond motifs is 3. The first kappa shape index (κ1) is 20.5. The fraction of sp³-hybridized carbons (Fsp3) is 0.385. The molecule has 2 heterocycles. The number of nitrogens with zero attached hydrogens (tertiary/aromatic N) is 2. The summed E-state index contributed by atoms with van der Waals surface area (Å²) in [6.07, 6.45) is 6.36. The second kappa shape index (κ2) is 8.97. The molecule has 1 aromatic heterocycles. The van der Waals surface area contributed by atoms with Crippen LogP contribution in [0.25, 0.3) is 10.9 Å². The highest BCUT2D eigenvalue weighted by Gasteiger charge is 2.18. The van der Waals surface area contributed by atoms with E-state index in [1.165, 1.54) is 23.1 Å². The Kier molecular flexibility index (Phi) is 5.93. The Bertz CT molecular complexity index is 1130. The maximum absolute atomic E-state index is 12.7. The number of pyridine rings is 1. The van der Waals surface area contributed by atoms with Gasteiger partial charge in [-0.05, 0) is 67.3 Å². The minimum Gasteiger partial charge on any atom is -0.352 e. The molecule has 1 N–H and O–H groups in total. The smallest absolute Gasteiger partial charge is 0.251 e. The van der Waals surface area contributed by atoms with E-state index in [0.29, 0.717) is 12.1 Å². The summed E-state index contributed by atoms with van der Waals surface area (Å²) in [5, 5.41) is 4.84. The van der Waals surface area contributed by atoms with Crippen LogP contribution in [0.4, 0.5) is 0 Å². The van der Waals surface area contributed by atoms with Crippen molar-refractivity contribution in [2.24, 2.45) is 0 Å². The van der Waals surface area contributed by atoms with Crippen LogP contribution in [0.1, 0.15) is 52.0 Å². The Hall–Kier alpha value is -2.43. The lowest BCUT2D eigenvalue weighted by molar-refractivity contribution is 0.0951. The first-order chi connectivity index (χ1) is 15.2. The first-order valence-electron chi connectivity index (χ1n) is 11.4. The molecule has 1 amide bonds. The predicted molar refractivity (Wildman–Crippen MR) is 126 cm³/mol. The topological polar surface area (TPSA) is 45.2 Å². The van der Waals surface area contributed by atoms with Crippen molar-refractivity contribution in [3.8, 4) is 0 Å². The molecule has 0 unspecified atom stereocenters. The third kappa shape index (κ3) is 4.32. The fourth-order valence-corrected chi connectivity index (χ4v) is 5.22. The third-order valence-corrected chi connectivity index (χ3v) is 7.03. The summed E-state index contributed by atoms with van der Waals surface area (Å²) < 4.78 is 0. The average molecular weight is 434 g/mol. The summed E-state index contributed by atoms with van der Waals surface area (Å²) in [5.74, 6) is -0.0402. The molecule has 0 atom stereocenters. The molecule has 5 heteroatoms. The van der Waals surface area contributed by atoms with Gasteiger partial charge >= 0.3 is 0 Å². The van der Waals surface area contributed by atoms with Crippen LogP contribution in [-0.2, 0) is 25.8 Å². The molecule has 0 bridgehead atoms. The molecule has 1 aliphatic carbocycles. The van der Waals surface area contributed by atoms with E-state index in [2.05, 4.69) is 34.5 Å². The van der Waals surface area contributed by atoms with Crippen molar-refractivity contribution >= 4 is 28.4 Å². The van der Waals surface area contributed by atoms with Gasteiger partial charge in [0, 0.05) is 42.8 Å². The molecule has 0 fully saturated rings. The summed E-state index contributed by atoms with van der Waals surface area (Å²) in [6.45, 7) is 3.76. The second-order valence-electron chi connectivity index (χ2n) is 8.69. The molecule has 2 aliphatic rings. The molecule has 160 valence electrons. The van der Waals surface area contributed by atoms with Crippen LogP contribution in [0.3, 0.4) is 0 Å². The molecule has 0 spiro atoms. The minimum atomic E-state index is -0.0402. The number of benzene rings is 2. The fourth-order valence-electron chi connectivity index (χ4n) is 4.86. The number of rotatable bonds is 5. The lowest BCUT2D eigenvalue weighted by Gasteiger charge is -2.28. The highest BCUT2D eigenvalue weighted by atomic mass is 35.5. The number of carbonyl (C=O) groups excluding carboxylic acids is 1. The molecule has 3 aromatic rings. The Balaban J connectivity index is 1.18. The van der Waals surface area contributed by atoms with Crippen LogP contribution >= 0.6 is 11.6 Å². The van der Waals surface area contributed by atoms with Crippen molar-refractivity contribution in [1.82, 2.24) is 15.2 Å². The van der Waals surface area contributed by atoms with E-state index in [1.807, 2.05) is 18.2 Å². The van der Waals surface area contributed by atoms with E-state index < -0.39 is 0 Å². The average Bonchev–Trinajstić information content (AvgIpc) is 2.81. The van der Waals surface area contributed by atoms with Crippen LogP contribution in [0.5, 0.6) is 0 Å². The van der Waals surface area contributed by atoms with Gasteiger partial charge in [-0.2, -0.15) is 0 Å². The molecular weight excluding hydrogens is 406 g/mol. The van der Waals surface area contributed by atoms with Crippen LogP contribution < -0.4 is 5.32 Å². The van der Waals surface area contributed by atoms with E-state index >= 15 is 0 Å². The quantitative estimate of drug-likeness (QED) is 0.579. The van der Waals surface area contributed by atoms with Gasteiger partial charge in [0.25, 0.3) is 5.91 Å². The monoisotopic (exact) mass is 433 g/mol. The standard InChI is InChI=1S/C26H28ClN3O/c27-25-21-8-3-4-9-23(21)29-24-16-19(10-11-22(24)25)26(31)28-13-5-14-30-15-12-18-6-1-2-7-20(18)17-30/h1-2,6-7,10-11,16H,3-5,8-9,12-15,17H2,(H,28,31). The van der Waals surface area contributed by atoms with E-state index in [9.17, 15) is 4.79 Å². The SMILES string of the molecule is O=C(NCCCN1CCc2ccccc2C1)c1ccc2c(Cl)c3c(nc2c1)CCCC3. The van der Waals surface area contributed by atoms with Gasteiger partial charge in [0.1, 0.15) is 0 Å². The normalized spacial score (nSPS) is 16.0. The summed E-state index contributed by atoms with van der Waals surface area (Å²) in [4.78, 5) is 20.0. The van der Waals surface area contributed by atoms with Crippen molar-refractivity contribution in [2.45, 2.75) is 45.1 Å². The van der Waals surface area contributed by atoms with Crippen LogP contribution in [0.15, 0.2) is 42.5 Å². The van der Waals surface area contributed by atoms with Gasteiger partial charge < -0.3 is 5.32 Å². The molecule has 5 rings (SSSR count). The molecule has 0 saturated carbocycles. The summed E-state index contributed by atoms with van der Waals surface area (Å²) >= 11 is 6.65. The number of nitrogens with one attached hydrogen (secondary N) is 1. The molecule has 0 radical (unpaired) electrons. The third-order valence-electron chi connectivity index (χ3n) is 6.60. The van der Waals surface area contributed by atoms with Crippen LogP contribution in [0, 0.1) is 0 Å². The zero-order valence-corrected chi connectivity index (χ0v) is 18.5. The summed E-state index contributed by atoms with van der Waals surface area (Å²) in [7, 11) is 0. The first-order valence-corrected chi connectivity index (χ1v) is 11.8. The lowest BCUT2D eigenvalue weighted by Crippen LogP contribution is -2.33. The Morgan fingerprint density at radius 3 is 2.81 bits per heavy atom. The number of halogens is 1. The maximum Gasteiger partial charge on any atom is 0.251 e. The van der Waals surface area contributed by atoms with E-state index in [-0.39, 0.29) is 5.91 Å². The lowest BCUT2D eigenvalue weighted by atomic mass is 9.94. The van der Waals surface area contributed by atoms with E-state index in [1.54, 1.807) is 0 Å². The van der Waals surface area contributed by atoms with Crippen molar-refractivity contribution in [3.05, 3.63) is 75.4 Å². The molecule has 31 heavy (non-hydrogen) atoms. The largest absolute Gasteiger partial charge is 0.352 e. The zero-order valence-electron chi connectivity index (χ0n) is 17.8. The van der Waals surface area contributed by atoms with E-state index in [4.69, 9.17) is 16.6 Å². The molecule has 4 nitrogen and oxygen atoms in total. The van der Waals surface area contributed by atoms with Gasteiger partial charge in [-0.1, -0.05) is 41.9 Å². The molecule has 2 aromatic carbocycles. The van der Waals surface area contributed by atoms with Gasteiger partial charge in [0.2, 0.25) is 0 Å². The van der Waals surface area contributed by atoms with E-state index in [0.717, 1.165) is 73.4 Å². The zero-order chi connectivity index (χ0) is 21.2. The minimum absolute atomic E-state index is 0.0402. The van der Waals surface area contributed by atoms with Crippen molar-refractivity contribution in [3.63, 3.8) is 0 Å². The summed E-state index contributed by atoms with van der Waals surface area (Å²) in [5.41, 5.74) is 6.67. The van der Waals surface area contributed by atoms with Crippen molar-refractivity contribution < 1.29 is 4.79 Å². The number of aromatic nitrogens is 1. The second-order valence-corrected chi connectivity index (χ2v) is 9.07. The number of hydrogen-bond acceptors (Lipinski definition) is 3. The molecular formula is C26H28ClN3O. The Morgan fingerprint density at radius 1 is 1.06 bits per heavy atom. The number of amides is 1. The number of aryl methyl sites for hydroxylation is 1. The molecule has 0 saturated heterocycles. The van der Waals surface area contributed by atoms with Crippen LogP contribution in [-0.4, -0.2) is 35.4 Å². The van der Waals surface area contributed by atoms with Gasteiger partial charge in [0.05, 0.1) is 10.5 Å². The Labute approximate surface area is 188 Å². The van der Waals surface area contributed by atoms with Gasteiger partial charge in [-0.15, -0.1) is 0 Å². The number of carbonyl (C=O) groups is 1. The predicted octanol–water partition coefficient (Wildman–Crippen LogP) is 4.95. The van der Waals surface area contributed by atoms with Crippen molar-refractivity contribution in [2.75, 3.05) is 19.6 Å². The Morgan fingerprint density at radius 2 is 1.90 bits per heavy atom. The van der Waals surface area contributed by atoms with Gasteiger partial charge in [0.15, 0.2) is 0 Å². The van der Waals surface area contributed by atoms with Gasteiger partial charge in [-0.3, -0.25) is 14.7 Å². The van der Waals surface area contributed by atoms with Crippen molar-refractivity contribution in [1.29, 1.82) is 0 Å². The van der Waals surface area contributed by atoms with Crippen LogP contribution in [0.2, 0.25) is 5.02 Å².